The van der Waals surface area contributed by atoms with Crippen LogP contribution in [0.15, 0.2) is 84.3 Å². The number of nitro groups is 1. The molecule has 0 saturated heterocycles. The Labute approximate surface area is 207 Å². The Hall–Kier alpha value is -4.35. The van der Waals surface area contributed by atoms with E-state index in [1.165, 1.54) is 30.3 Å². The third kappa shape index (κ3) is 7.58. The molecule has 3 rings (SSSR count). The van der Waals surface area contributed by atoms with Crippen LogP contribution in [0.5, 0.6) is 0 Å². The molecule has 0 saturated carbocycles. The molecule has 3 aromatic rings. The zero-order valence-corrected chi connectivity index (χ0v) is 20.0. The third-order valence-electron chi connectivity index (χ3n) is 4.85. The zero-order chi connectivity index (χ0) is 26.1. The molecule has 0 aromatic heterocycles. The SMILES string of the molecule is Cc1ccc(NC(=O)[C@@H](OC(=O)CNS(=O)(=O)/C=C/c2ccccc2)c2ccccc2)c([N+](=O)[O-])c1. The Balaban J connectivity index is 1.72. The average Bonchev–Trinajstić information content (AvgIpc) is 2.87. The number of rotatable bonds is 10. The van der Waals surface area contributed by atoms with E-state index in [2.05, 4.69) is 10.0 Å². The quantitative estimate of drug-likeness (QED) is 0.241. The summed E-state index contributed by atoms with van der Waals surface area (Å²) >= 11 is 0. The van der Waals surface area contributed by atoms with Crippen LogP contribution in [0.2, 0.25) is 0 Å². The lowest BCUT2D eigenvalue weighted by Gasteiger charge is -2.18. The van der Waals surface area contributed by atoms with Crippen LogP contribution in [0.1, 0.15) is 22.8 Å². The van der Waals surface area contributed by atoms with Crippen molar-refractivity contribution >= 4 is 39.4 Å². The fourth-order valence-electron chi connectivity index (χ4n) is 3.11. The van der Waals surface area contributed by atoms with Crippen molar-refractivity contribution in [2.24, 2.45) is 0 Å². The second-order valence-electron chi connectivity index (χ2n) is 7.63. The number of aryl methyl sites for hydroxylation is 1. The van der Waals surface area contributed by atoms with Crippen molar-refractivity contribution in [3.63, 3.8) is 0 Å². The van der Waals surface area contributed by atoms with Gasteiger partial charge in [0.1, 0.15) is 12.2 Å². The lowest BCUT2D eigenvalue weighted by atomic mass is 10.1. The van der Waals surface area contributed by atoms with E-state index >= 15 is 0 Å². The molecule has 0 aliphatic heterocycles. The molecule has 0 radical (unpaired) electrons. The van der Waals surface area contributed by atoms with Crippen LogP contribution < -0.4 is 10.0 Å². The van der Waals surface area contributed by atoms with Gasteiger partial charge < -0.3 is 10.1 Å². The number of nitro benzene ring substituents is 1. The van der Waals surface area contributed by atoms with E-state index in [0.717, 1.165) is 5.41 Å². The lowest BCUT2D eigenvalue weighted by Crippen LogP contribution is -2.33. The fraction of sp³-hybridized carbons (Fsp3) is 0.120. The number of benzene rings is 3. The summed E-state index contributed by atoms with van der Waals surface area (Å²) in [5, 5.41) is 14.7. The average molecular weight is 510 g/mol. The standard InChI is InChI=1S/C25H23N3O7S/c1-18-12-13-21(22(16-18)28(31)32)27-25(30)24(20-10-6-3-7-11-20)35-23(29)17-26-36(33,34)15-14-19-8-4-2-5-9-19/h2-16,24,26H,17H2,1H3,(H,27,30)/b15-14+/t24-/m0/s1. The number of hydrogen-bond donors (Lipinski definition) is 2. The maximum atomic E-state index is 13.0. The third-order valence-corrected chi connectivity index (χ3v) is 5.90. The van der Waals surface area contributed by atoms with Gasteiger partial charge in [0.15, 0.2) is 0 Å². The number of carbonyl (C=O) groups excluding carboxylic acids is 2. The molecule has 1 amide bonds. The van der Waals surface area contributed by atoms with Gasteiger partial charge in [-0.2, -0.15) is 0 Å². The van der Waals surface area contributed by atoms with E-state index in [4.69, 9.17) is 4.74 Å². The molecule has 1 atom stereocenters. The van der Waals surface area contributed by atoms with Crippen LogP contribution in [-0.4, -0.2) is 31.8 Å². The number of sulfonamides is 1. The fourth-order valence-corrected chi connectivity index (χ4v) is 3.86. The maximum Gasteiger partial charge on any atom is 0.322 e. The Morgan fingerprint density at radius 3 is 2.31 bits per heavy atom. The summed E-state index contributed by atoms with van der Waals surface area (Å²) in [6, 6.07) is 21.0. The summed E-state index contributed by atoms with van der Waals surface area (Å²) in [6.45, 7) is 0.937. The van der Waals surface area contributed by atoms with Gasteiger partial charge in [-0.05, 0) is 30.2 Å². The number of anilines is 1. The summed E-state index contributed by atoms with van der Waals surface area (Å²) in [5.41, 5.74) is 1.18. The van der Waals surface area contributed by atoms with Crippen molar-refractivity contribution in [3.05, 3.63) is 111 Å². The van der Waals surface area contributed by atoms with Gasteiger partial charge in [-0.1, -0.05) is 66.7 Å². The first-order valence-corrected chi connectivity index (χ1v) is 12.2. The highest BCUT2D eigenvalue weighted by Gasteiger charge is 2.27. The molecule has 0 bridgehead atoms. The molecule has 36 heavy (non-hydrogen) atoms. The lowest BCUT2D eigenvalue weighted by molar-refractivity contribution is -0.384. The number of nitrogens with zero attached hydrogens (tertiary/aromatic N) is 1. The summed E-state index contributed by atoms with van der Waals surface area (Å²) < 4.78 is 31.8. The molecule has 0 spiro atoms. The largest absolute Gasteiger partial charge is 0.446 e. The Kier molecular flexibility index (Phi) is 8.66. The van der Waals surface area contributed by atoms with Crippen LogP contribution in [0.4, 0.5) is 11.4 Å². The summed E-state index contributed by atoms with van der Waals surface area (Å²) in [4.78, 5) is 36.2. The van der Waals surface area contributed by atoms with Gasteiger partial charge in [0.2, 0.25) is 16.1 Å². The minimum absolute atomic E-state index is 0.0701. The van der Waals surface area contributed by atoms with Crippen LogP contribution in [-0.2, 0) is 24.3 Å². The predicted molar refractivity (Wildman–Crippen MR) is 134 cm³/mol. The molecule has 0 aliphatic carbocycles. The van der Waals surface area contributed by atoms with Crippen LogP contribution >= 0.6 is 0 Å². The van der Waals surface area contributed by atoms with Gasteiger partial charge in [0, 0.05) is 17.0 Å². The molecule has 10 nitrogen and oxygen atoms in total. The molecular weight excluding hydrogens is 486 g/mol. The number of nitrogens with one attached hydrogen (secondary N) is 2. The number of hydrogen-bond acceptors (Lipinski definition) is 7. The Bertz CT molecular complexity index is 1380. The second-order valence-corrected chi connectivity index (χ2v) is 9.28. The van der Waals surface area contributed by atoms with Crippen LogP contribution in [0, 0.1) is 17.0 Å². The van der Waals surface area contributed by atoms with Crippen LogP contribution in [0.3, 0.4) is 0 Å². The van der Waals surface area contributed by atoms with E-state index < -0.39 is 39.5 Å². The zero-order valence-electron chi connectivity index (χ0n) is 19.2. The van der Waals surface area contributed by atoms with Crippen LogP contribution in [0.25, 0.3) is 6.08 Å². The number of amides is 1. The normalized spacial score (nSPS) is 12.1. The van der Waals surface area contributed by atoms with Crippen molar-refractivity contribution in [2.75, 3.05) is 11.9 Å². The van der Waals surface area contributed by atoms with Gasteiger partial charge >= 0.3 is 5.97 Å². The van der Waals surface area contributed by atoms with E-state index in [1.54, 1.807) is 61.5 Å². The minimum atomic E-state index is -3.97. The predicted octanol–water partition coefficient (Wildman–Crippen LogP) is 3.72. The number of carbonyl (C=O) groups is 2. The number of esters is 1. The molecule has 186 valence electrons. The molecule has 0 fully saturated rings. The van der Waals surface area contributed by atoms with E-state index in [1.807, 2.05) is 0 Å². The summed E-state index contributed by atoms with van der Waals surface area (Å²) in [7, 11) is -3.97. The van der Waals surface area contributed by atoms with Gasteiger partial charge in [-0.25, -0.2) is 13.1 Å². The summed E-state index contributed by atoms with van der Waals surface area (Å²) in [6.07, 6.45) is -0.119. The first kappa shape index (κ1) is 26.3. The van der Waals surface area contributed by atoms with Crippen molar-refractivity contribution in [3.8, 4) is 0 Å². The number of ether oxygens (including phenoxy) is 1. The Morgan fingerprint density at radius 1 is 1.03 bits per heavy atom. The van der Waals surface area contributed by atoms with E-state index in [0.29, 0.717) is 16.7 Å². The highest BCUT2D eigenvalue weighted by molar-refractivity contribution is 7.92. The second kappa shape index (κ2) is 11.9. The molecule has 0 unspecified atom stereocenters. The molecule has 2 N–H and O–H groups in total. The minimum Gasteiger partial charge on any atom is -0.446 e. The first-order valence-electron chi connectivity index (χ1n) is 10.7. The van der Waals surface area contributed by atoms with Crippen molar-refractivity contribution < 1.29 is 27.7 Å². The van der Waals surface area contributed by atoms with E-state index in [9.17, 15) is 28.1 Å². The van der Waals surface area contributed by atoms with Crippen molar-refractivity contribution in [1.29, 1.82) is 0 Å². The maximum absolute atomic E-state index is 13.0. The highest BCUT2D eigenvalue weighted by atomic mass is 32.2. The smallest absolute Gasteiger partial charge is 0.322 e. The molecule has 3 aromatic carbocycles. The summed E-state index contributed by atoms with van der Waals surface area (Å²) in [5.74, 6) is -1.86. The molecular formula is C25H23N3O7S. The van der Waals surface area contributed by atoms with Gasteiger partial charge in [0.05, 0.1) is 4.92 Å². The molecule has 11 heteroatoms. The van der Waals surface area contributed by atoms with Gasteiger partial charge in [-0.15, -0.1) is 0 Å². The van der Waals surface area contributed by atoms with Crippen molar-refractivity contribution in [2.45, 2.75) is 13.0 Å². The molecule has 0 aliphatic rings. The van der Waals surface area contributed by atoms with Gasteiger partial charge in [-0.3, -0.25) is 19.7 Å². The first-order chi connectivity index (χ1) is 17.1. The highest BCUT2D eigenvalue weighted by Crippen LogP contribution is 2.27. The van der Waals surface area contributed by atoms with E-state index in [-0.39, 0.29) is 11.4 Å². The molecule has 0 heterocycles. The topological polar surface area (TPSA) is 145 Å². The van der Waals surface area contributed by atoms with Gasteiger partial charge in [0.25, 0.3) is 11.6 Å². The monoisotopic (exact) mass is 509 g/mol. The van der Waals surface area contributed by atoms with Crippen molar-refractivity contribution in [1.82, 2.24) is 4.72 Å². The Morgan fingerprint density at radius 2 is 1.67 bits per heavy atom.